The van der Waals surface area contributed by atoms with Crippen molar-refractivity contribution in [3.8, 4) is 5.75 Å². The molecule has 0 aliphatic carbocycles. The average Bonchev–Trinajstić information content (AvgIpc) is 2.74. The zero-order valence-electron chi connectivity index (χ0n) is 17.4. The normalized spacial score (nSPS) is 12.0. The molecule has 1 atom stereocenters. The molecule has 158 valence electrons. The lowest BCUT2D eigenvalue weighted by Gasteiger charge is -2.18. The summed E-state index contributed by atoms with van der Waals surface area (Å²) in [5.74, 6) is 0.306. The number of nitrogens with zero attached hydrogens (tertiary/aromatic N) is 2. The Morgan fingerprint density at radius 2 is 2.03 bits per heavy atom. The lowest BCUT2D eigenvalue weighted by atomic mass is 10.2. The van der Waals surface area contributed by atoms with Gasteiger partial charge in [0.15, 0.2) is 5.16 Å². The van der Waals surface area contributed by atoms with Crippen LogP contribution in [0.5, 0.6) is 5.75 Å². The monoisotopic (exact) mass is 445 g/mol. The van der Waals surface area contributed by atoms with Crippen LogP contribution < -0.4 is 15.6 Å². The maximum Gasteiger partial charge on any atom is 0.262 e. The number of thioether (sulfide) groups is 1. The summed E-state index contributed by atoms with van der Waals surface area (Å²) >= 11 is 7.45. The van der Waals surface area contributed by atoms with E-state index < -0.39 is 5.25 Å². The number of methoxy groups -OCH3 is 1. The standard InChI is InChI=1S/C22H24ClN3O3S/c1-5-19(20(27)24-17-11-13(3)15(23)12-18(17)29-4)30-22-25-16-10-8-7-9-14(16)21(28)26(22)6-2/h7-12,19H,5-6H2,1-4H3,(H,24,27). The van der Waals surface area contributed by atoms with Crippen molar-refractivity contribution in [1.82, 2.24) is 9.55 Å². The van der Waals surface area contributed by atoms with Gasteiger partial charge in [-0.2, -0.15) is 0 Å². The summed E-state index contributed by atoms with van der Waals surface area (Å²) in [5, 5.41) is 4.17. The number of nitrogens with one attached hydrogen (secondary N) is 1. The predicted molar refractivity (Wildman–Crippen MR) is 123 cm³/mol. The highest BCUT2D eigenvalue weighted by atomic mass is 35.5. The molecule has 1 unspecified atom stereocenters. The fourth-order valence-corrected chi connectivity index (χ4v) is 4.34. The lowest BCUT2D eigenvalue weighted by molar-refractivity contribution is -0.115. The number of halogens is 1. The van der Waals surface area contributed by atoms with Crippen molar-refractivity contribution in [3.63, 3.8) is 0 Å². The van der Waals surface area contributed by atoms with Gasteiger partial charge in [-0.25, -0.2) is 4.98 Å². The van der Waals surface area contributed by atoms with E-state index in [1.807, 2.05) is 39.0 Å². The fourth-order valence-electron chi connectivity index (χ4n) is 3.11. The maximum atomic E-state index is 13.0. The summed E-state index contributed by atoms with van der Waals surface area (Å²) < 4.78 is 6.96. The molecule has 1 heterocycles. The Hall–Kier alpha value is -2.51. The van der Waals surface area contributed by atoms with Gasteiger partial charge in [-0.1, -0.05) is 42.4 Å². The minimum Gasteiger partial charge on any atom is -0.495 e. The van der Waals surface area contributed by atoms with Crippen LogP contribution in [0.1, 0.15) is 25.8 Å². The van der Waals surface area contributed by atoms with E-state index in [2.05, 4.69) is 10.3 Å². The number of anilines is 1. The van der Waals surface area contributed by atoms with Crippen LogP contribution in [0.2, 0.25) is 5.02 Å². The third-order valence-corrected chi connectivity index (χ3v) is 6.55. The molecule has 2 aromatic carbocycles. The zero-order valence-corrected chi connectivity index (χ0v) is 18.9. The number of hydrogen-bond donors (Lipinski definition) is 1. The number of amides is 1. The minimum atomic E-state index is -0.434. The summed E-state index contributed by atoms with van der Waals surface area (Å²) in [7, 11) is 1.53. The number of aromatic nitrogens is 2. The fraction of sp³-hybridized carbons (Fsp3) is 0.318. The van der Waals surface area contributed by atoms with E-state index >= 15 is 0 Å². The molecule has 0 fully saturated rings. The van der Waals surface area contributed by atoms with Crippen LogP contribution in [0.4, 0.5) is 5.69 Å². The summed E-state index contributed by atoms with van der Waals surface area (Å²) in [6.45, 7) is 6.16. The van der Waals surface area contributed by atoms with Gasteiger partial charge < -0.3 is 10.1 Å². The molecular weight excluding hydrogens is 422 g/mol. The molecule has 0 aliphatic rings. The predicted octanol–water partition coefficient (Wildman–Crippen LogP) is 4.90. The van der Waals surface area contributed by atoms with Crippen LogP contribution >= 0.6 is 23.4 Å². The van der Waals surface area contributed by atoms with Crippen LogP contribution in [0, 0.1) is 6.92 Å². The lowest BCUT2D eigenvalue weighted by Crippen LogP contribution is -2.28. The van der Waals surface area contributed by atoms with E-state index in [9.17, 15) is 9.59 Å². The van der Waals surface area contributed by atoms with Crippen LogP contribution in [0.3, 0.4) is 0 Å². The summed E-state index contributed by atoms with van der Waals surface area (Å²) in [6, 6.07) is 10.7. The molecule has 3 rings (SSSR count). The topological polar surface area (TPSA) is 73.2 Å². The first kappa shape index (κ1) is 22.2. The minimum absolute atomic E-state index is 0.101. The molecule has 1 N–H and O–H groups in total. The van der Waals surface area contributed by atoms with Crippen LogP contribution in [-0.4, -0.2) is 27.8 Å². The van der Waals surface area contributed by atoms with Crippen LogP contribution in [-0.2, 0) is 11.3 Å². The quantitative estimate of drug-likeness (QED) is 0.413. The van der Waals surface area contributed by atoms with E-state index in [-0.39, 0.29) is 11.5 Å². The zero-order chi connectivity index (χ0) is 21.8. The Labute approximate surface area is 184 Å². The summed E-state index contributed by atoms with van der Waals surface area (Å²) in [5.41, 5.74) is 1.92. The second kappa shape index (κ2) is 9.53. The highest BCUT2D eigenvalue weighted by molar-refractivity contribution is 8.00. The highest BCUT2D eigenvalue weighted by Gasteiger charge is 2.23. The van der Waals surface area contributed by atoms with E-state index in [1.165, 1.54) is 18.9 Å². The van der Waals surface area contributed by atoms with Gasteiger partial charge in [0.1, 0.15) is 5.75 Å². The average molecular weight is 446 g/mol. The second-order valence-electron chi connectivity index (χ2n) is 6.77. The third-order valence-electron chi connectivity index (χ3n) is 4.79. The van der Waals surface area contributed by atoms with E-state index in [0.717, 1.165) is 5.56 Å². The molecule has 0 bridgehead atoms. The largest absolute Gasteiger partial charge is 0.495 e. The first-order valence-electron chi connectivity index (χ1n) is 9.70. The smallest absolute Gasteiger partial charge is 0.262 e. The van der Waals surface area contributed by atoms with E-state index in [4.69, 9.17) is 16.3 Å². The van der Waals surface area contributed by atoms with E-state index in [1.54, 1.807) is 22.8 Å². The molecule has 0 aliphatic heterocycles. The molecule has 0 saturated heterocycles. The molecule has 0 spiro atoms. The van der Waals surface area contributed by atoms with Crippen molar-refractivity contribution in [1.29, 1.82) is 0 Å². The van der Waals surface area contributed by atoms with Crippen molar-refractivity contribution in [2.75, 3.05) is 12.4 Å². The number of hydrogen-bond acceptors (Lipinski definition) is 5. The molecule has 1 aromatic heterocycles. The van der Waals surface area contributed by atoms with Gasteiger partial charge in [0.25, 0.3) is 5.56 Å². The van der Waals surface area contributed by atoms with Gasteiger partial charge in [-0.05, 0) is 44.0 Å². The molecule has 8 heteroatoms. The first-order chi connectivity index (χ1) is 14.4. The Kier molecular flexibility index (Phi) is 7.05. The van der Waals surface area contributed by atoms with Crippen molar-refractivity contribution < 1.29 is 9.53 Å². The molecule has 1 amide bonds. The SMILES string of the molecule is CCC(Sc1nc2ccccc2c(=O)n1CC)C(=O)Nc1cc(C)c(Cl)cc1OC. The number of fused-ring (bicyclic) bond motifs is 1. The number of aryl methyl sites for hydroxylation is 1. The number of carbonyl (C=O) groups is 1. The molecule has 0 saturated carbocycles. The van der Waals surface area contributed by atoms with Crippen molar-refractivity contribution in [3.05, 3.63) is 57.3 Å². The first-order valence-corrected chi connectivity index (χ1v) is 11.0. The second-order valence-corrected chi connectivity index (χ2v) is 8.34. The van der Waals surface area contributed by atoms with Gasteiger partial charge in [0, 0.05) is 17.6 Å². The number of rotatable bonds is 7. The highest BCUT2D eigenvalue weighted by Crippen LogP contribution is 2.32. The molecule has 30 heavy (non-hydrogen) atoms. The molecule has 6 nitrogen and oxygen atoms in total. The van der Waals surface area contributed by atoms with Crippen LogP contribution in [0.15, 0.2) is 46.3 Å². The van der Waals surface area contributed by atoms with Crippen LogP contribution in [0.25, 0.3) is 10.9 Å². The number of benzene rings is 2. The maximum absolute atomic E-state index is 13.0. The van der Waals surface area contributed by atoms with Gasteiger partial charge >= 0.3 is 0 Å². The van der Waals surface area contributed by atoms with Crippen molar-refractivity contribution in [2.45, 2.75) is 44.1 Å². The Balaban J connectivity index is 1.91. The Morgan fingerprint density at radius 1 is 1.30 bits per heavy atom. The van der Waals surface area contributed by atoms with Gasteiger partial charge in [0.05, 0.1) is 29.0 Å². The molecular formula is C22H24ClN3O3S. The number of carbonyl (C=O) groups excluding carboxylic acids is 1. The summed E-state index contributed by atoms with van der Waals surface area (Å²) in [4.78, 5) is 30.5. The van der Waals surface area contributed by atoms with Crippen molar-refractivity contribution in [2.24, 2.45) is 0 Å². The van der Waals surface area contributed by atoms with Gasteiger partial charge in [0.2, 0.25) is 5.91 Å². The van der Waals surface area contributed by atoms with Crippen molar-refractivity contribution >= 4 is 45.9 Å². The number of para-hydroxylation sites is 1. The van der Waals surface area contributed by atoms with Gasteiger partial charge in [-0.3, -0.25) is 14.2 Å². The Bertz CT molecular complexity index is 1150. The third kappa shape index (κ3) is 4.47. The summed E-state index contributed by atoms with van der Waals surface area (Å²) in [6.07, 6.45) is 0.567. The van der Waals surface area contributed by atoms with E-state index in [0.29, 0.717) is 45.5 Å². The Morgan fingerprint density at radius 3 is 2.70 bits per heavy atom. The number of ether oxygens (including phenoxy) is 1. The van der Waals surface area contributed by atoms with Gasteiger partial charge in [-0.15, -0.1) is 0 Å². The molecule has 3 aromatic rings. The molecule has 0 radical (unpaired) electrons.